The Hall–Kier alpha value is -2.44. The van der Waals surface area contributed by atoms with Crippen molar-refractivity contribution in [1.82, 2.24) is 10.6 Å². The zero-order chi connectivity index (χ0) is 18.2. The van der Waals surface area contributed by atoms with Crippen LogP contribution in [0.15, 0.2) is 47.5 Å². The van der Waals surface area contributed by atoms with E-state index in [4.69, 9.17) is 0 Å². The fourth-order valence-electron chi connectivity index (χ4n) is 2.09. The van der Waals surface area contributed by atoms with Gasteiger partial charge < -0.3 is 15.5 Å². The van der Waals surface area contributed by atoms with E-state index in [0.29, 0.717) is 12.1 Å². The molecule has 0 unspecified atom stereocenters. The summed E-state index contributed by atoms with van der Waals surface area (Å²) < 4.78 is 0. The van der Waals surface area contributed by atoms with Gasteiger partial charge in [0, 0.05) is 10.4 Å². The van der Waals surface area contributed by atoms with Gasteiger partial charge in [-0.1, -0.05) is 23.8 Å². The van der Waals surface area contributed by atoms with Crippen LogP contribution in [0.3, 0.4) is 0 Å². The van der Waals surface area contributed by atoms with Gasteiger partial charge in [-0.2, -0.15) is 0 Å². The minimum Gasteiger partial charge on any atom is -0.345 e. The number of likely N-dealkylation sites (N-methyl/N-ethyl adjacent to an activating group) is 1. The van der Waals surface area contributed by atoms with Crippen molar-refractivity contribution in [2.24, 2.45) is 0 Å². The Morgan fingerprint density at radius 1 is 1.16 bits per heavy atom. The second-order valence-corrected chi connectivity index (χ2v) is 7.09. The van der Waals surface area contributed by atoms with Gasteiger partial charge in [0.25, 0.3) is 11.8 Å². The minimum atomic E-state index is -0.295. The van der Waals surface area contributed by atoms with Crippen LogP contribution in [0, 0.1) is 6.92 Å². The monoisotopic (exact) mass is 358 g/mol. The zero-order valence-corrected chi connectivity index (χ0v) is 15.6. The molecule has 2 amide bonds. The molecule has 6 heteroatoms. The number of hydrogen-bond donors (Lipinski definition) is 3. The van der Waals surface area contributed by atoms with E-state index in [9.17, 15) is 9.59 Å². The summed E-state index contributed by atoms with van der Waals surface area (Å²) in [4.78, 5) is 27.1. The van der Waals surface area contributed by atoms with E-state index in [1.165, 1.54) is 16.2 Å². The van der Waals surface area contributed by atoms with Crippen molar-refractivity contribution in [1.29, 1.82) is 0 Å². The third kappa shape index (κ3) is 6.17. The number of rotatable bonds is 7. The van der Waals surface area contributed by atoms with E-state index in [2.05, 4.69) is 10.6 Å². The van der Waals surface area contributed by atoms with Crippen molar-refractivity contribution in [2.45, 2.75) is 6.92 Å². The lowest BCUT2D eigenvalue weighted by Gasteiger charge is -2.12. The quantitative estimate of drug-likeness (QED) is 0.649. The molecule has 0 radical (unpaired) electrons. The van der Waals surface area contributed by atoms with Crippen LogP contribution in [-0.2, 0) is 4.79 Å². The Morgan fingerprint density at radius 2 is 1.88 bits per heavy atom. The Balaban J connectivity index is 2.12. The van der Waals surface area contributed by atoms with Gasteiger partial charge in [-0.3, -0.25) is 9.59 Å². The number of thiophene rings is 1. The highest BCUT2D eigenvalue weighted by atomic mass is 32.1. The van der Waals surface area contributed by atoms with E-state index < -0.39 is 0 Å². The molecule has 0 aliphatic rings. The van der Waals surface area contributed by atoms with Crippen LogP contribution < -0.4 is 15.5 Å². The van der Waals surface area contributed by atoms with Crippen LogP contribution >= 0.6 is 11.3 Å². The molecular weight excluding hydrogens is 334 g/mol. The van der Waals surface area contributed by atoms with Crippen molar-refractivity contribution in [3.8, 4) is 0 Å². The summed E-state index contributed by atoms with van der Waals surface area (Å²) >= 11 is 1.51. The second-order valence-electron chi connectivity index (χ2n) is 6.11. The van der Waals surface area contributed by atoms with Crippen LogP contribution in [-0.4, -0.2) is 39.0 Å². The van der Waals surface area contributed by atoms with E-state index in [1.807, 2.05) is 50.7 Å². The molecule has 1 aromatic heterocycles. The number of nitrogens with one attached hydrogen (secondary N) is 3. The topological polar surface area (TPSA) is 62.6 Å². The molecule has 0 fully saturated rings. The molecule has 25 heavy (non-hydrogen) atoms. The van der Waals surface area contributed by atoms with Crippen LogP contribution in [0.5, 0.6) is 0 Å². The molecular formula is C19H24N3O2S+. The predicted octanol–water partition coefficient (Wildman–Crippen LogP) is 1.09. The lowest BCUT2D eigenvalue weighted by Crippen LogP contribution is -3.06. The standard InChI is InChI=1S/C19H23N3O2S/c1-14-6-8-15(9-7-14)18(23)21-17(13-16-5-4-12-25-16)19(24)20-10-11-22(2)3/h4-9,12-13H,10-11H2,1-3H3,(H,20,24)(H,21,23)/p+1/b17-13-. The fraction of sp³-hybridized carbons (Fsp3) is 0.263. The summed E-state index contributed by atoms with van der Waals surface area (Å²) in [5, 5.41) is 7.52. The largest absolute Gasteiger partial charge is 0.345 e. The zero-order valence-electron chi connectivity index (χ0n) is 14.8. The van der Waals surface area contributed by atoms with Crippen molar-refractivity contribution in [3.05, 3.63) is 63.5 Å². The summed E-state index contributed by atoms with van der Waals surface area (Å²) in [6.07, 6.45) is 1.70. The Labute approximate surface area is 152 Å². The van der Waals surface area contributed by atoms with Gasteiger partial charge in [-0.15, -0.1) is 11.3 Å². The third-order valence-electron chi connectivity index (χ3n) is 3.55. The number of quaternary nitrogens is 1. The van der Waals surface area contributed by atoms with Gasteiger partial charge >= 0.3 is 0 Å². The Bertz CT molecular complexity index is 735. The molecule has 0 atom stereocenters. The van der Waals surface area contributed by atoms with Gasteiger partial charge in [-0.25, -0.2) is 0 Å². The van der Waals surface area contributed by atoms with Gasteiger partial charge in [0.2, 0.25) is 0 Å². The molecule has 0 saturated carbocycles. The molecule has 0 aliphatic heterocycles. The average Bonchev–Trinajstić information content (AvgIpc) is 3.07. The highest BCUT2D eigenvalue weighted by Crippen LogP contribution is 2.13. The molecule has 1 aromatic carbocycles. The molecule has 0 bridgehead atoms. The van der Waals surface area contributed by atoms with Crippen molar-refractivity contribution in [3.63, 3.8) is 0 Å². The van der Waals surface area contributed by atoms with Crippen molar-refractivity contribution in [2.75, 3.05) is 27.2 Å². The first-order valence-corrected chi connectivity index (χ1v) is 9.04. The molecule has 0 aliphatic carbocycles. The maximum absolute atomic E-state index is 12.5. The normalized spacial score (nSPS) is 11.4. The summed E-state index contributed by atoms with van der Waals surface area (Å²) in [6, 6.07) is 11.1. The predicted molar refractivity (Wildman–Crippen MR) is 102 cm³/mol. The van der Waals surface area contributed by atoms with Crippen LogP contribution in [0.2, 0.25) is 0 Å². The number of aryl methyl sites for hydroxylation is 1. The van der Waals surface area contributed by atoms with Crippen LogP contribution in [0.4, 0.5) is 0 Å². The summed E-state index contributed by atoms with van der Waals surface area (Å²) in [5.41, 5.74) is 1.85. The number of carbonyl (C=O) groups excluding carboxylic acids is 2. The van der Waals surface area contributed by atoms with E-state index >= 15 is 0 Å². The lowest BCUT2D eigenvalue weighted by atomic mass is 10.1. The molecule has 5 nitrogen and oxygen atoms in total. The first-order valence-electron chi connectivity index (χ1n) is 8.16. The van der Waals surface area contributed by atoms with Gasteiger partial charge in [-0.05, 0) is 36.6 Å². The van der Waals surface area contributed by atoms with E-state index in [0.717, 1.165) is 17.0 Å². The van der Waals surface area contributed by atoms with Crippen LogP contribution in [0.25, 0.3) is 6.08 Å². The van der Waals surface area contributed by atoms with Gasteiger partial charge in [0.05, 0.1) is 27.2 Å². The fourth-order valence-corrected chi connectivity index (χ4v) is 2.75. The van der Waals surface area contributed by atoms with Gasteiger partial charge in [0.1, 0.15) is 5.70 Å². The molecule has 2 aromatic rings. The number of carbonyl (C=O) groups is 2. The maximum Gasteiger partial charge on any atom is 0.268 e. The van der Waals surface area contributed by atoms with Gasteiger partial charge in [0.15, 0.2) is 0 Å². The molecule has 2 rings (SSSR count). The first-order chi connectivity index (χ1) is 12.0. The summed E-state index contributed by atoms with van der Waals surface area (Å²) in [6.45, 7) is 3.32. The average molecular weight is 358 g/mol. The maximum atomic E-state index is 12.5. The Kier molecular flexibility index (Phi) is 6.91. The molecule has 3 N–H and O–H groups in total. The number of benzene rings is 1. The lowest BCUT2D eigenvalue weighted by molar-refractivity contribution is -0.856. The SMILES string of the molecule is Cc1ccc(C(=O)N/C(=C\c2cccs2)C(=O)NCC[NH+](C)C)cc1. The summed E-state index contributed by atoms with van der Waals surface area (Å²) in [5.74, 6) is -0.577. The molecule has 1 heterocycles. The highest BCUT2D eigenvalue weighted by Gasteiger charge is 2.15. The van der Waals surface area contributed by atoms with E-state index in [1.54, 1.807) is 18.2 Å². The van der Waals surface area contributed by atoms with Crippen molar-refractivity contribution < 1.29 is 14.5 Å². The molecule has 132 valence electrons. The number of amides is 2. The van der Waals surface area contributed by atoms with E-state index in [-0.39, 0.29) is 17.5 Å². The number of hydrogen-bond acceptors (Lipinski definition) is 3. The minimum absolute atomic E-state index is 0.252. The molecule has 0 spiro atoms. The highest BCUT2D eigenvalue weighted by molar-refractivity contribution is 7.10. The third-order valence-corrected chi connectivity index (χ3v) is 4.37. The Morgan fingerprint density at radius 3 is 2.48 bits per heavy atom. The van der Waals surface area contributed by atoms with Crippen molar-refractivity contribution >= 4 is 29.2 Å². The smallest absolute Gasteiger partial charge is 0.268 e. The first kappa shape index (κ1) is 18.9. The van der Waals surface area contributed by atoms with Crippen LogP contribution in [0.1, 0.15) is 20.8 Å². The summed E-state index contributed by atoms with van der Waals surface area (Å²) in [7, 11) is 4.04. The second kappa shape index (κ2) is 9.15. The molecule has 0 saturated heterocycles.